The third kappa shape index (κ3) is 2.90. The van der Waals surface area contributed by atoms with E-state index in [1.54, 1.807) is 11.8 Å². The smallest absolute Gasteiger partial charge is 0.180 e. The van der Waals surface area contributed by atoms with Crippen LogP contribution in [0.25, 0.3) is 0 Å². The fourth-order valence-electron chi connectivity index (χ4n) is 1.17. The van der Waals surface area contributed by atoms with Crippen LogP contribution in [0.3, 0.4) is 0 Å². The summed E-state index contributed by atoms with van der Waals surface area (Å²) in [7, 11) is 0. The molecule has 0 fully saturated rings. The molecule has 0 amide bonds. The fourth-order valence-corrected chi connectivity index (χ4v) is 3.25. The van der Waals surface area contributed by atoms with E-state index in [0.717, 1.165) is 26.5 Å². The molecular formula is C10H10BrN3S2. The zero-order valence-corrected chi connectivity index (χ0v) is 11.5. The molecule has 0 spiro atoms. The number of nitrogens with zero attached hydrogens (tertiary/aromatic N) is 1. The van der Waals surface area contributed by atoms with Gasteiger partial charge in [0.25, 0.3) is 0 Å². The van der Waals surface area contributed by atoms with Gasteiger partial charge < -0.3 is 11.5 Å². The average Bonchev–Trinajstić information content (AvgIpc) is 2.66. The number of halogens is 1. The summed E-state index contributed by atoms with van der Waals surface area (Å²) < 4.78 is 1.03. The predicted molar refractivity (Wildman–Crippen MR) is 74.6 cm³/mol. The van der Waals surface area contributed by atoms with Crippen LogP contribution >= 0.6 is 39.0 Å². The third-order valence-corrected chi connectivity index (χ3v) is 4.24. The van der Waals surface area contributed by atoms with Gasteiger partial charge in [-0.3, -0.25) is 0 Å². The van der Waals surface area contributed by atoms with Gasteiger partial charge in [0.15, 0.2) is 5.13 Å². The highest BCUT2D eigenvalue weighted by molar-refractivity contribution is 9.10. The molecule has 2 aromatic rings. The molecule has 0 aliphatic rings. The van der Waals surface area contributed by atoms with Gasteiger partial charge in [-0.2, -0.15) is 0 Å². The molecule has 0 atom stereocenters. The highest BCUT2D eigenvalue weighted by atomic mass is 79.9. The van der Waals surface area contributed by atoms with E-state index >= 15 is 0 Å². The molecule has 2 rings (SSSR count). The van der Waals surface area contributed by atoms with Crippen LogP contribution in [-0.2, 0) is 5.75 Å². The summed E-state index contributed by atoms with van der Waals surface area (Å²) in [5.74, 6) is 0.786. The van der Waals surface area contributed by atoms with E-state index in [4.69, 9.17) is 11.5 Å². The van der Waals surface area contributed by atoms with Crippen molar-refractivity contribution >= 4 is 49.8 Å². The number of nitrogen functional groups attached to an aromatic ring is 2. The minimum absolute atomic E-state index is 0.609. The first-order chi connectivity index (χ1) is 7.65. The van der Waals surface area contributed by atoms with Crippen LogP contribution in [0.15, 0.2) is 32.9 Å². The number of thiazole rings is 1. The van der Waals surface area contributed by atoms with Crippen LogP contribution < -0.4 is 11.5 Å². The van der Waals surface area contributed by atoms with Crippen molar-refractivity contribution in [2.24, 2.45) is 0 Å². The summed E-state index contributed by atoms with van der Waals surface area (Å²) in [5.41, 5.74) is 13.2. The number of benzene rings is 1. The number of hydrogen-bond acceptors (Lipinski definition) is 5. The lowest BCUT2D eigenvalue weighted by Gasteiger charge is -2.04. The Morgan fingerprint density at radius 2 is 2.19 bits per heavy atom. The fraction of sp³-hybridized carbons (Fsp3) is 0.100. The number of hydrogen-bond donors (Lipinski definition) is 2. The summed E-state index contributed by atoms with van der Waals surface area (Å²) in [6.07, 6.45) is 0. The summed E-state index contributed by atoms with van der Waals surface area (Å²) in [5, 5.41) is 2.58. The average molecular weight is 316 g/mol. The molecule has 0 radical (unpaired) electrons. The topological polar surface area (TPSA) is 64.9 Å². The Balaban J connectivity index is 2.07. The largest absolute Gasteiger partial charge is 0.398 e. The van der Waals surface area contributed by atoms with Crippen LogP contribution in [0.4, 0.5) is 10.8 Å². The van der Waals surface area contributed by atoms with Crippen molar-refractivity contribution in [3.8, 4) is 0 Å². The molecule has 0 unspecified atom stereocenters. The first-order valence-corrected chi connectivity index (χ1v) is 7.18. The molecule has 0 aliphatic heterocycles. The second kappa shape index (κ2) is 5.07. The minimum Gasteiger partial charge on any atom is -0.398 e. The summed E-state index contributed by atoms with van der Waals surface area (Å²) in [6.45, 7) is 0. The van der Waals surface area contributed by atoms with Gasteiger partial charge in [-0.05, 0) is 18.2 Å². The van der Waals surface area contributed by atoms with Gasteiger partial charge in [-0.25, -0.2) is 4.98 Å². The van der Waals surface area contributed by atoms with Crippen LogP contribution in [0, 0.1) is 0 Å². The van der Waals surface area contributed by atoms with Gasteiger partial charge in [-0.15, -0.1) is 23.1 Å². The lowest BCUT2D eigenvalue weighted by molar-refractivity contribution is 1.24. The highest BCUT2D eigenvalue weighted by Crippen LogP contribution is 2.31. The van der Waals surface area contributed by atoms with E-state index in [1.165, 1.54) is 11.3 Å². The molecule has 3 nitrogen and oxygen atoms in total. The zero-order valence-electron chi connectivity index (χ0n) is 8.31. The molecule has 0 saturated heterocycles. The van der Waals surface area contributed by atoms with Crippen molar-refractivity contribution in [1.29, 1.82) is 0 Å². The van der Waals surface area contributed by atoms with Crippen LogP contribution in [0.1, 0.15) is 5.69 Å². The van der Waals surface area contributed by atoms with Gasteiger partial charge >= 0.3 is 0 Å². The third-order valence-electron chi connectivity index (χ3n) is 1.92. The van der Waals surface area contributed by atoms with Gasteiger partial charge in [-0.1, -0.05) is 15.9 Å². The van der Waals surface area contributed by atoms with E-state index in [2.05, 4.69) is 20.9 Å². The number of anilines is 2. The summed E-state index contributed by atoms with van der Waals surface area (Å²) in [4.78, 5) is 5.26. The van der Waals surface area contributed by atoms with Gasteiger partial charge in [0.05, 0.1) is 5.69 Å². The van der Waals surface area contributed by atoms with Crippen molar-refractivity contribution in [2.75, 3.05) is 11.5 Å². The van der Waals surface area contributed by atoms with E-state index in [0.29, 0.717) is 5.13 Å². The molecule has 6 heteroatoms. The van der Waals surface area contributed by atoms with Crippen molar-refractivity contribution in [1.82, 2.24) is 4.98 Å². The van der Waals surface area contributed by atoms with Crippen molar-refractivity contribution in [2.45, 2.75) is 10.6 Å². The Labute approximate surface area is 110 Å². The maximum absolute atomic E-state index is 5.87. The lowest BCUT2D eigenvalue weighted by Crippen LogP contribution is -1.89. The Morgan fingerprint density at radius 1 is 1.38 bits per heavy atom. The molecule has 0 aliphatic carbocycles. The molecule has 1 aromatic carbocycles. The second-order valence-corrected chi connectivity index (χ2v) is 5.97. The number of thioether (sulfide) groups is 1. The van der Waals surface area contributed by atoms with E-state index in [-0.39, 0.29) is 0 Å². The van der Waals surface area contributed by atoms with Gasteiger partial charge in [0.2, 0.25) is 0 Å². The normalized spacial score (nSPS) is 10.6. The standard InChI is InChI=1S/C10H10BrN3S2/c11-6-1-2-8(12)9(3-6)15-4-7-5-16-10(13)14-7/h1-3,5H,4,12H2,(H2,13,14). The second-order valence-electron chi connectivity index (χ2n) is 3.15. The SMILES string of the molecule is Nc1nc(CSc2cc(Br)ccc2N)cs1. The predicted octanol–water partition coefficient (Wildman–Crippen LogP) is 3.36. The first-order valence-electron chi connectivity index (χ1n) is 4.53. The molecule has 84 valence electrons. The number of rotatable bonds is 3. The first kappa shape index (κ1) is 11.8. The maximum atomic E-state index is 5.87. The van der Waals surface area contributed by atoms with Gasteiger partial charge in [0.1, 0.15) is 0 Å². The minimum atomic E-state index is 0.609. The molecule has 0 saturated carbocycles. The molecule has 1 heterocycles. The molecule has 4 N–H and O–H groups in total. The Bertz CT molecular complexity index is 499. The zero-order chi connectivity index (χ0) is 11.5. The summed E-state index contributed by atoms with van der Waals surface area (Å²) >= 11 is 6.55. The maximum Gasteiger partial charge on any atom is 0.180 e. The highest BCUT2D eigenvalue weighted by Gasteiger charge is 2.04. The van der Waals surface area contributed by atoms with E-state index in [1.807, 2.05) is 23.6 Å². The Hall–Kier alpha value is -0.720. The Morgan fingerprint density at radius 3 is 2.88 bits per heavy atom. The van der Waals surface area contributed by atoms with E-state index < -0.39 is 0 Å². The number of nitrogens with two attached hydrogens (primary N) is 2. The van der Waals surface area contributed by atoms with Crippen LogP contribution in [-0.4, -0.2) is 4.98 Å². The van der Waals surface area contributed by atoms with E-state index in [9.17, 15) is 0 Å². The summed E-state index contributed by atoms with van der Waals surface area (Å²) in [6, 6.07) is 5.83. The van der Waals surface area contributed by atoms with Crippen molar-refractivity contribution in [3.63, 3.8) is 0 Å². The van der Waals surface area contributed by atoms with Crippen LogP contribution in [0.5, 0.6) is 0 Å². The van der Waals surface area contributed by atoms with Gasteiger partial charge in [0, 0.05) is 26.2 Å². The van der Waals surface area contributed by atoms with Crippen molar-refractivity contribution in [3.05, 3.63) is 33.7 Å². The number of aromatic nitrogens is 1. The molecule has 1 aromatic heterocycles. The quantitative estimate of drug-likeness (QED) is 0.673. The van der Waals surface area contributed by atoms with Crippen LogP contribution in [0.2, 0.25) is 0 Å². The van der Waals surface area contributed by atoms with Crippen molar-refractivity contribution < 1.29 is 0 Å². The molecule has 16 heavy (non-hydrogen) atoms. The molecule has 0 bridgehead atoms. The molecular weight excluding hydrogens is 306 g/mol. The monoisotopic (exact) mass is 315 g/mol. The Kier molecular flexibility index (Phi) is 3.73. The lowest BCUT2D eigenvalue weighted by atomic mass is 10.3.